The Morgan fingerprint density at radius 2 is 2.17 bits per heavy atom. The second-order valence-electron chi connectivity index (χ2n) is 5.18. The molecule has 1 atom stereocenters. The molecule has 0 aliphatic rings. The summed E-state index contributed by atoms with van der Waals surface area (Å²) in [5.74, 6) is 0.303. The van der Waals surface area contributed by atoms with E-state index in [1.807, 2.05) is 6.92 Å². The van der Waals surface area contributed by atoms with Crippen LogP contribution in [0.5, 0.6) is 0 Å². The molecule has 9 heteroatoms. The predicted molar refractivity (Wildman–Crippen MR) is 91.2 cm³/mol. The van der Waals surface area contributed by atoms with Crippen molar-refractivity contribution in [3.8, 4) is 0 Å². The first kappa shape index (κ1) is 18.9. The summed E-state index contributed by atoms with van der Waals surface area (Å²) in [6.07, 6.45) is 4.84. The van der Waals surface area contributed by atoms with Gasteiger partial charge in [-0.15, -0.1) is 0 Å². The highest BCUT2D eigenvalue weighted by Crippen LogP contribution is 2.01. The lowest BCUT2D eigenvalue weighted by Crippen LogP contribution is -2.45. The molecule has 1 amide bonds. The summed E-state index contributed by atoms with van der Waals surface area (Å²) in [4.78, 5) is 19.7. The van der Waals surface area contributed by atoms with Gasteiger partial charge in [0.15, 0.2) is 5.96 Å². The summed E-state index contributed by atoms with van der Waals surface area (Å²) in [6, 6.07) is 3.38. The molecule has 8 nitrogen and oxygen atoms in total. The average Bonchev–Trinajstić information content (AvgIpc) is 2.49. The van der Waals surface area contributed by atoms with Crippen LogP contribution in [0.2, 0.25) is 0 Å². The Labute approximate surface area is 136 Å². The highest BCUT2D eigenvalue weighted by Gasteiger charge is 2.10. The van der Waals surface area contributed by atoms with Crippen molar-refractivity contribution in [1.82, 2.24) is 15.6 Å². The number of nitrogens with one attached hydrogen (secondary N) is 3. The number of pyridine rings is 1. The average molecular weight is 341 g/mol. The molecule has 1 unspecified atom stereocenters. The Kier molecular flexibility index (Phi) is 7.46. The highest BCUT2D eigenvalue weighted by atomic mass is 32.2. The van der Waals surface area contributed by atoms with Crippen molar-refractivity contribution in [3.63, 3.8) is 0 Å². The van der Waals surface area contributed by atoms with E-state index in [4.69, 9.17) is 0 Å². The van der Waals surface area contributed by atoms with Gasteiger partial charge in [-0.3, -0.25) is 14.8 Å². The van der Waals surface area contributed by atoms with Crippen molar-refractivity contribution in [2.45, 2.75) is 19.4 Å². The van der Waals surface area contributed by atoms with Gasteiger partial charge in [0, 0.05) is 25.5 Å². The maximum Gasteiger partial charge on any atom is 0.243 e. The van der Waals surface area contributed by atoms with Gasteiger partial charge in [0.2, 0.25) is 5.91 Å². The van der Waals surface area contributed by atoms with E-state index in [1.165, 1.54) is 6.26 Å². The number of nitrogens with zero attached hydrogens (tertiary/aromatic N) is 2. The molecule has 0 aliphatic heterocycles. The van der Waals surface area contributed by atoms with E-state index in [-0.39, 0.29) is 24.2 Å². The van der Waals surface area contributed by atoms with Crippen molar-refractivity contribution in [1.29, 1.82) is 0 Å². The Balaban J connectivity index is 2.37. The van der Waals surface area contributed by atoms with Gasteiger partial charge in [-0.2, -0.15) is 0 Å². The summed E-state index contributed by atoms with van der Waals surface area (Å²) in [7, 11) is -1.41. The van der Waals surface area contributed by atoms with Gasteiger partial charge in [0.05, 0.1) is 24.2 Å². The van der Waals surface area contributed by atoms with Crippen molar-refractivity contribution in [3.05, 3.63) is 24.5 Å². The van der Waals surface area contributed by atoms with E-state index in [9.17, 15) is 13.2 Å². The van der Waals surface area contributed by atoms with Crippen LogP contribution in [-0.4, -0.2) is 56.9 Å². The number of sulfone groups is 1. The molecule has 0 saturated carbocycles. The second-order valence-corrected chi connectivity index (χ2v) is 7.44. The third-order valence-corrected chi connectivity index (χ3v) is 3.87. The summed E-state index contributed by atoms with van der Waals surface area (Å²) >= 11 is 0. The number of hydrogen-bond acceptors (Lipinski definition) is 5. The van der Waals surface area contributed by atoms with Crippen LogP contribution in [0.15, 0.2) is 29.5 Å². The fourth-order valence-electron chi connectivity index (χ4n) is 1.70. The quantitative estimate of drug-likeness (QED) is 0.476. The van der Waals surface area contributed by atoms with Gasteiger partial charge in [-0.1, -0.05) is 0 Å². The first-order valence-electron chi connectivity index (χ1n) is 7.15. The lowest BCUT2D eigenvalue weighted by molar-refractivity contribution is -0.115. The minimum atomic E-state index is -2.99. The zero-order valence-corrected chi connectivity index (χ0v) is 14.4. The molecule has 0 aromatic carbocycles. The van der Waals surface area contributed by atoms with E-state index in [1.54, 1.807) is 31.6 Å². The summed E-state index contributed by atoms with van der Waals surface area (Å²) in [6.45, 7) is 1.89. The number of amides is 1. The van der Waals surface area contributed by atoms with Crippen LogP contribution in [0.3, 0.4) is 0 Å². The highest BCUT2D eigenvalue weighted by molar-refractivity contribution is 7.90. The van der Waals surface area contributed by atoms with Crippen LogP contribution in [0.1, 0.15) is 13.3 Å². The molecule has 0 spiro atoms. The number of guanidine groups is 1. The first-order valence-corrected chi connectivity index (χ1v) is 9.21. The molecule has 1 heterocycles. The van der Waals surface area contributed by atoms with Crippen molar-refractivity contribution in [2.24, 2.45) is 4.99 Å². The van der Waals surface area contributed by atoms with Crippen LogP contribution in [-0.2, 0) is 14.6 Å². The lowest BCUT2D eigenvalue weighted by Gasteiger charge is -2.17. The Bertz CT molecular complexity index is 631. The summed E-state index contributed by atoms with van der Waals surface area (Å²) < 4.78 is 22.3. The smallest absolute Gasteiger partial charge is 0.243 e. The maximum absolute atomic E-state index is 11.8. The van der Waals surface area contributed by atoms with Crippen LogP contribution < -0.4 is 16.0 Å². The van der Waals surface area contributed by atoms with Gasteiger partial charge in [0.1, 0.15) is 9.84 Å². The SMILES string of the molecule is CN=C(NCC(=O)Nc1cccnc1)NC(C)CCS(C)(=O)=O. The summed E-state index contributed by atoms with van der Waals surface area (Å²) in [5.41, 5.74) is 0.615. The first-order chi connectivity index (χ1) is 10.8. The van der Waals surface area contributed by atoms with E-state index in [2.05, 4.69) is 25.9 Å². The minimum Gasteiger partial charge on any atom is -0.354 e. The van der Waals surface area contributed by atoms with Crippen molar-refractivity contribution < 1.29 is 13.2 Å². The normalized spacial score (nSPS) is 13.3. The van der Waals surface area contributed by atoms with Gasteiger partial charge >= 0.3 is 0 Å². The van der Waals surface area contributed by atoms with E-state index >= 15 is 0 Å². The zero-order chi connectivity index (χ0) is 17.3. The predicted octanol–water partition coefficient (Wildman–Crippen LogP) is 0.00830. The number of carbonyl (C=O) groups excluding carboxylic acids is 1. The molecular weight excluding hydrogens is 318 g/mol. The molecule has 1 aromatic rings. The number of rotatable bonds is 7. The van der Waals surface area contributed by atoms with Crippen molar-refractivity contribution in [2.75, 3.05) is 30.9 Å². The fraction of sp³-hybridized carbons (Fsp3) is 0.500. The molecule has 0 radical (unpaired) electrons. The van der Waals surface area contributed by atoms with Gasteiger partial charge in [-0.05, 0) is 25.5 Å². The van der Waals surface area contributed by atoms with Crippen LogP contribution in [0.25, 0.3) is 0 Å². The third kappa shape index (κ3) is 8.77. The van der Waals surface area contributed by atoms with Crippen molar-refractivity contribution >= 4 is 27.4 Å². The molecule has 23 heavy (non-hydrogen) atoms. The molecule has 3 N–H and O–H groups in total. The van der Waals surface area contributed by atoms with E-state index in [0.717, 1.165) is 0 Å². The molecule has 0 fully saturated rings. The number of hydrogen-bond donors (Lipinski definition) is 3. The van der Waals surface area contributed by atoms with Gasteiger partial charge in [-0.25, -0.2) is 8.42 Å². The molecular formula is C14H23N5O3S. The fourth-order valence-corrected chi connectivity index (χ4v) is 2.48. The third-order valence-electron chi connectivity index (χ3n) is 2.89. The number of aliphatic imine (C=N–C) groups is 1. The van der Waals surface area contributed by atoms with E-state index in [0.29, 0.717) is 18.1 Å². The largest absolute Gasteiger partial charge is 0.354 e. The van der Waals surface area contributed by atoms with E-state index < -0.39 is 9.84 Å². The zero-order valence-electron chi connectivity index (χ0n) is 13.5. The molecule has 0 saturated heterocycles. The van der Waals surface area contributed by atoms with Gasteiger partial charge < -0.3 is 16.0 Å². The van der Waals surface area contributed by atoms with Crippen LogP contribution in [0.4, 0.5) is 5.69 Å². The molecule has 0 aliphatic carbocycles. The monoisotopic (exact) mass is 341 g/mol. The Morgan fingerprint density at radius 1 is 1.43 bits per heavy atom. The Hall–Kier alpha value is -2.16. The van der Waals surface area contributed by atoms with Crippen LogP contribution >= 0.6 is 0 Å². The second kappa shape index (κ2) is 9.09. The number of anilines is 1. The molecule has 1 rings (SSSR count). The number of carbonyl (C=O) groups is 1. The lowest BCUT2D eigenvalue weighted by atomic mass is 10.3. The molecule has 1 aromatic heterocycles. The summed E-state index contributed by atoms with van der Waals surface area (Å²) in [5, 5.41) is 8.61. The minimum absolute atomic E-state index is 0.0351. The number of aromatic nitrogens is 1. The molecule has 0 bridgehead atoms. The molecule has 128 valence electrons. The topological polar surface area (TPSA) is 113 Å². The maximum atomic E-state index is 11.8. The van der Waals surface area contributed by atoms with Crippen LogP contribution in [0, 0.1) is 0 Å². The Morgan fingerprint density at radius 3 is 2.74 bits per heavy atom. The van der Waals surface area contributed by atoms with Gasteiger partial charge in [0.25, 0.3) is 0 Å². The standard InChI is InChI=1S/C14H23N5O3S/c1-11(6-8-23(3,21)22)18-14(15-2)17-10-13(20)19-12-5-4-7-16-9-12/h4-5,7,9,11H,6,8,10H2,1-3H3,(H,19,20)(H2,15,17,18).